The van der Waals surface area contributed by atoms with Gasteiger partial charge in [0, 0.05) is 24.6 Å². The number of hydrogen-bond donors (Lipinski definition) is 1. The van der Waals surface area contributed by atoms with Crippen LogP contribution in [0.1, 0.15) is 43.3 Å². The van der Waals surface area contributed by atoms with Gasteiger partial charge in [-0.2, -0.15) is 0 Å². The van der Waals surface area contributed by atoms with E-state index in [4.69, 9.17) is 4.98 Å². The highest BCUT2D eigenvalue weighted by molar-refractivity contribution is 7.15. The Balaban J connectivity index is 1.77. The van der Waals surface area contributed by atoms with Crippen LogP contribution in [0.15, 0.2) is 30.3 Å². The molecule has 1 amide bonds. The van der Waals surface area contributed by atoms with Crippen molar-refractivity contribution in [2.45, 2.75) is 45.7 Å². The molecule has 0 radical (unpaired) electrons. The molecule has 25 heavy (non-hydrogen) atoms. The van der Waals surface area contributed by atoms with E-state index in [1.807, 2.05) is 37.1 Å². The third-order valence-corrected chi connectivity index (χ3v) is 6.51. The normalized spacial score (nSPS) is 21.8. The van der Waals surface area contributed by atoms with Gasteiger partial charge in [-0.05, 0) is 40.2 Å². The Labute approximate surface area is 154 Å². The van der Waals surface area contributed by atoms with Gasteiger partial charge < -0.3 is 10.2 Å². The zero-order chi connectivity index (χ0) is 18.0. The Bertz CT molecular complexity index is 728. The molecule has 4 nitrogen and oxygen atoms in total. The molecule has 1 N–H and O–H groups in total. The van der Waals surface area contributed by atoms with Crippen LogP contribution in [0.5, 0.6) is 0 Å². The fourth-order valence-corrected chi connectivity index (χ4v) is 4.68. The van der Waals surface area contributed by atoms with Gasteiger partial charge >= 0.3 is 0 Å². The number of carbonyl (C=O) groups is 1. The third-order valence-electron chi connectivity index (χ3n) is 5.13. The molecule has 1 aliphatic rings. The molecule has 1 aromatic heterocycles. The zero-order valence-corrected chi connectivity index (χ0v) is 16.3. The van der Waals surface area contributed by atoms with Crippen molar-refractivity contribution in [2.75, 3.05) is 13.6 Å². The first kappa shape index (κ1) is 18.1. The second-order valence-corrected chi connectivity index (χ2v) is 8.07. The molecular formula is C20H27N3OS. The lowest BCUT2D eigenvalue weighted by atomic mass is 9.91. The highest BCUT2D eigenvalue weighted by Gasteiger charge is 2.30. The molecule has 0 saturated carbocycles. The van der Waals surface area contributed by atoms with Crippen molar-refractivity contribution in [3.8, 4) is 10.6 Å². The first-order valence-electron chi connectivity index (χ1n) is 9.00. The summed E-state index contributed by atoms with van der Waals surface area (Å²) in [6.45, 7) is 7.23. The molecule has 1 unspecified atom stereocenters. The number of thiazole rings is 1. The Hall–Kier alpha value is -1.72. The van der Waals surface area contributed by atoms with Gasteiger partial charge in [0.1, 0.15) is 5.01 Å². The number of carbonyl (C=O) groups excluding carboxylic acids is 1. The van der Waals surface area contributed by atoms with Crippen molar-refractivity contribution < 1.29 is 4.79 Å². The lowest BCUT2D eigenvalue weighted by molar-refractivity contribution is -0.137. The largest absolute Gasteiger partial charge is 0.338 e. The number of nitrogens with one attached hydrogen (secondary N) is 1. The van der Waals surface area contributed by atoms with E-state index in [9.17, 15) is 4.79 Å². The maximum absolute atomic E-state index is 12.9. The molecule has 5 heteroatoms. The van der Waals surface area contributed by atoms with Gasteiger partial charge in [-0.1, -0.05) is 30.3 Å². The van der Waals surface area contributed by atoms with Gasteiger partial charge in [0.25, 0.3) is 0 Å². The van der Waals surface area contributed by atoms with Crippen LogP contribution in [0, 0.1) is 12.8 Å². The lowest BCUT2D eigenvalue weighted by Crippen LogP contribution is -2.43. The van der Waals surface area contributed by atoms with Crippen molar-refractivity contribution in [1.82, 2.24) is 15.2 Å². The molecule has 0 bridgehead atoms. The van der Waals surface area contributed by atoms with Crippen molar-refractivity contribution >= 4 is 17.2 Å². The molecule has 1 aliphatic heterocycles. The average molecular weight is 358 g/mol. The summed E-state index contributed by atoms with van der Waals surface area (Å²) < 4.78 is 0. The molecule has 134 valence electrons. The topological polar surface area (TPSA) is 45.2 Å². The third kappa shape index (κ3) is 3.93. The first-order chi connectivity index (χ1) is 12.0. The van der Waals surface area contributed by atoms with Crippen molar-refractivity contribution in [3.63, 3.8) is 0 Å². The number of piperidine rings is 1. The molecule has 0 spiro atoms. The molecule has 2 heterocycles. The van der Waals surface area contributed by atoms with Crippen LogP contribution in [0.3, 0.4) is 0 Å². The Morgan fingerprint density at radius 3 is 2.76 bits per heavy atom. The highest BCUT2D eigenvalue weighted by atomic mass is 32.1. The number of aryl methyl sites for hydroxylation is 1. The second-order valence-electron chi connectivity index (χ2n) is 7.04. The summed E-state index contributed by atoms with van der Waals surface area (Å²) in [4.78, 5) is 20.8. The average Bonchev–Trinajstić information content (AvgIpc) is 3.02. The van der Waals surface area contributed by atoms with Gasteiger partial charge in [-0.25, -0.2) is 4.98 Å². The molecule has 1 saturated heterocycles. The first-order valence-corrected chi connectivity index (χ1v) is 9.81. The second kappa shape index (κ2) is 7.67. The molecule has 0 aliphatic carbocycles. The number of nitrogens with zero attached hydrogens (tertiary/aromatic N) is 2. The lowest BCUT2D eigenvalue weighted by Gasteiger charge is -2.33. The quantitative estimate of drug-likeness (QED) is 0.899. The monoisotopic (exact) mass is 357 g/mol. The summed E-state index contributed by atoms with van der Waals surface area (Å²) in [6, 6.07) is 10.7. The number of hydrogen-bond acceptors (Lipinski definition) is 4. The van der Waals surface area contributed by atoms with Gasteiger partial charge in [0.2, 0.25) is 5.91 Å². The Kier molecular flexibility index (Phi) is 5.54. The minimum absolute atomic E-state index is 0.0488. The van der Waals surface area contributed by atoms with Crippen LogP contribution in [0.2, 0.25) is 0 Å². The van der Waals surface area contributed by atoms with Crippen LogP contribution in [-0.4, -0.2) is 35.4 Å². The fourth-order valence-electron chi connectivity index (χ4n) is 3.51. The van der Waals surface area contributed by atoms with Crippen LogP contribution in [0.25, 0.3) is 10.6 Å². The number of benzene rings is 1. The van der Waals surface area contributed by atoms with E-state index < -0.39 is 0 Å². The smallest absolute Gasteiger partial charge is 0.226 e. The van der Waals surface area contributed by atoms with E-state index in [0.717, 1.165) is 35.7 Å². The van der Waals surface area contributed by atoms with Crippen molar-refractivity contribution in [3.05, 3.63) is 40.9 Å². The Morgan fingerprint density at radius 2 is 2.08 bits per heavy atom. The Morgan fingerprint density at radius 1 is 1.36 bits per heavy atom. The molecule has 3 rings (SSSR count). The van der Waals surface area contributed by atoms with Crippen LogP contribution >= 0.6 is 11.3 Å². The van der Waals surface area contributed by atoms with Crippen molar-refractivity contribution in [2.24, 2.45) is 5.92 Å². The fraction of sp³-hybridized carbons (Fsp3) is 0.500. The number of amides is 1. The molecule has 2 aromatic rings. The van der Waals surface area contributed by atoms with E-state index in [1.54, 1.807) is 11.3 Å². The van der Waals surface area contributed by atoms with Crippen LogP contribution in [-0.2, 0) is 4.79 Å². The summed E-state index contributed by atoms with van der Waals surface area (Å²) in [5.74, 6) is 0.389. The highest BCUT2D eigenvalue weighted by Crippen LogP contribution is 2.34. The van der Waals surface area contributed by atoms with E-state index in [-0.39, 0.29) is 17.9 Å². The minimum Gasteiger partial charge on any atom is -0.338 e. The van der Waals surface area contributed by atoms with Gasteiger partial charge in [-0.3, -0.25) is 4.79 Å². The molecule has 1 fully saturated rings. The summed E-state index contributed by atoms with van der Waals surface area (Å²) in [6.07, 6.45) is 1.85. The SMILES string of the molecule is Cc1nc(-c2ccccc2)sc1C(C)N(C)C(=O)[C@H]1CCN[C@@H](C)C1. The molecule has 3 atom stereocenters. The van der Waals surface area contributed by atoms with E-state index in [1.165, 1.54) is 4.88 Å². The van der Waals surface area contributed by atoms with E-state index in [0.29, 0.717) is 6.04 Å². The van der Waals surface area contributed by atoms with Crippen LogP contribution in [0.4, 0.5) is 0 Å². The molecule has 1 aromatic carbocycles. The maximum atomic E-state index is 12.9. The number of aromatic nitrogens is 1. The summed E-state index contributed by atoms with van der Waals surface area (Å²) in [5, 5.41) is 4.44. The van der Waals surface area contributed by atoms with E-state index >= 15 is 0 Å². The predicted octanol–water partition coefficient (Wildman–Crippen LogP) is 4.03. The summed E-state index contributed by atoms with van der Waals surface area (Å²) in [5.41, 5.74) is 2.16. The van der Waals surface area contributed by atoms with E-state index in [2.05, 4.69) is 31.3 Å². The maximum Gasteiger partial charge on any atom is 0.226 e. The van der Waals surface area contributed by atoms with Gasteiger partial charge in [0.05, 0.1) is 16.6 Å². The van der Waals surface area contributed by atoms with Crippen molar-refractivity contribution in [1.29, 1.82) is 0 Å². The zero-order valence-electron chi connectivity index (χ0n) is 15.5. The van der Waals surface area contributed by atoms with Gasteiger partial charge in [0.15, 0.2) is 0 Å². The summed E-state index contributed by atoms with van der Waals surface area (Å²) in [7, 11) is 1.93. The molecular weight excluding hydrogens is 330 g/mol. The minimum atomic E-state index is 0.0488. The standard InChI is InChI=1S/C20H27N3OS/c1-13-12-17(10-11-21-13)20(24)23(4)15(3)18-14(2)22-19(25-18)16-8-6-5-7-9-16/h5-9,13,15,17,21H,10-12H2,1-4H3/t13-,15?,17-/m0/s1. The predicted molar refractivity (Wildman–Crippen MR) is 104 cm³/mol. The number of rotatable bonds is 4. The van der Waals surface area contributed by atoms with Gasteiger partial charge in [-0.15, -0.1) is 11.3 Å². The van der Waals surface area contributed by atoms with Crippen LogP contribution < -0.4 is 5.32 Å². The summed E-state index contributed by atoms with van der Waals surface area (Å²) >= 11 is 1.70.